The van der Waals surface area contributed by atoms with E-state index in [-0.39, 0.29) is 0 Å². The van der Waals surface area contributed by atoms with Crippen LogP contribution in [0.3, 0.4) is 0 Å². The molecule has 0 saturated heterocycles. The van der Waals surface area contributed by atoms with Gasteiger partial charge in [-0.1, -0.05) is 24.3 Å². The zero-order valence-electron chi connectivity index (χ0n) is 10.8. The molecule has 1 aromatic heterocycles. The highest BCUT2D eigenvalue weighted by Gasteiger charge is 2.11. The minimum atomic E-state index is 0.768. The van der Waals surface area contributed by atoms with Gasteiger partial charge in [-0.25, -0.2) is 9.97 Å². The van der Waals surface area contributed by atoms with Crippen molar-refractivity contribution in [2.24, 2.45) is 0 Å². The lowest BCUT2D eigenvalue weighted by atomic mass is 10.1. The first-order valence-corrected chi connectivity index (χ1v) is 6.76. The third kappa shape index (κ3) is 2.53. The van der Waals surface area contributed by atoms with E-state index in [4.69, 9.17) is 0 Å². The normalized spacial score (nSPS) is 10.4. The fourth-order valence-corrected chi connectivity index (χ4v) is 2.11. The molecule has 0 fully saturated rings. The lowest BCUT2D eigenvalue weighted by Gasteiger charge is -2.11. The second-order valence-corrected chi connectivity index (χ2v) is 4.93. The van der Waals surface area contributed by atoms with Crippen LogP contribution < -0.4 is 5.32 Å². The van der Waals surface area contributed by atoms with E-state index >= 15 is 0 Å². The third-order valence-corrected chi connectivity index (χ3v) is 3.70. The molecule has 0 atom stereocenters. The molecule has 0 aliphatic carbocycles. The highest BCUT2D eigenvalue weighted by Crippen LogP contribution is 2.27. The van der Waals surface area contributed by atoms with E-state index < -0.39 is 0 Å². The van der Waals surface area contributed by atoms with Crippen molar-refractivity contribution in [3.05, 3.63) is 40.0 Å². The fraction of sp³-hybridized carbons (Fsp3) is 0.286. The van der Waals surface area contributed by atoms with Gasteiger partial charge in [-0.05, 0) is 42.3 Å². The quantitative estimate of drug-likeness (QED) is 0.933. The van der Waals surface area contributed by atoms with Crippen molar-refractivity contribution in [2.45, 2.75) is 20.8 Å². The molecule has 2 rings (SSSR count). The number of nitrogens with zero attached hydrogens (tertiary/aromatic N) is 2. The number of aryl methyl sites for hydroxylation is 2. The Labute approximate surface area is 116 Å². The Bertz CT molecular complexity index is 567. The van der Waals surface area contributed by atoms with Crippen LogP contribution in [0.2, 0.25) is 0 Å². The number of aromatic nitrogens is 2. The van der Waals surface area contributed by atoms with Crippen molar-refractivity contribution >= 4 is 21.7 Å². The van der Waals surface area contributed by atoms with E-state index in [1.54, 1.807) is 0 Å². The topological polar surface area (TPSA) is 37.8 Å². The molecular weight excluding hydrogens is 290 g/mol. The Morgan fingerprint density at radius 2 is 1.89 bits per heavy atom. The zero-order valence-corrected chi connectivity index (χ0v) is 12.4. The third-order valence-electron chi connectivity index (χ3n) is 2.75. The smallest absolute Gasteiger partial charge is 0.162 e. The molecule has 0 aliphatic rings. The first-order chi connectivity index (χ1) is 8.63. The predicted octanol–water partition coefficient (Wildman–Crippen LogP) is 3.95. The molecule has 4 heteroatoms. The van der Waals surface area contributed by atoms with Gasteiger partial charge >= 0.3 is 0 Å². The molecule has 0 radical (unpaired) electrons. The van der Waals surface area contributed by atoms with Gasteiger partial charge in [0, 0.05) is 12.1 Å². The summed E-state index contributed by atoms with van der Waals surface area (Å²) in [4.78, 5) is 9.13. The van der Waals surface area contributed by atoms with Crippen molar-refractivity contribution in [1.82, 2.24) is 9.97 Å². The van der Waals surface area contributed by atoms with Gasteiger partial charge in [0.05, 0.1) is 10.2 Å². The maximum absolute atomic E-state index is 4.58. The average molecular weight is 306 g/mol. The molecule has 2 aromatic rings. The van der Waals surface area contributed by atoms with Crippen LogP contribution in [0, 0.1) is 13.8 Å². The number of anilines is 1. The van der Waals surface area contributed by atoms with Gasteiger partial charge in [0.25, 0.3) is 0 Å². The fourth-order valence-electron chi connectivity index (χ4n) is 1.79. The minimum absolute atomic E-state index is 0.768. The van der Waals surface area contributed by atoms with Crippen LogP contribution >= 0.6 is 15.9 Å². The van der Waals surface area contributed by atoms with Crippen molar-refractivity contribution in [1.29, 1.82) is 0 Å². The molecule has 1 aromatic carbocycles. The largest absolute Gasteiger partial charge is 0.369 e. The zero-order chi connectivity index (χ0) is 13.1. The minimum Gasteiger partial charge on any atom is -0.369 e. The van der Waals surface area contributed by atoms with Crippen LogP contribution in [-0.4, -0.2) is 16.5 Å². The Balaban J connectivity index is 2.56. The van der Waals surface area contributed by atoms with E-state index in [0.717, 1.165) is 33.9 Å². The number of nitrogens with one attached hydrogen (secondary N) is 1. The number of benzene rings is 1. The number of halogens is 1. The van der Waals surface area contributed by atoms with E-state index in [0.29, 0.717) is 0 Å². The summed E-state index contributed by atoms with van der Waals surface area (Å²) in [6.07, 6.45) is 0. The molecule has 18 heavy (non-hydrogen) atoms. The van der Waals surface area contributed by atoms with Crippen LogP contribution in [0.4, 0.5) is 5.82 Å². The maximum Gasteiger partial charge on any atom is 0.162 e. The monoisotopic (exact) mass is 305 g/mol. The van der Waals surface area contributed by atoms with Crippen LogP contribution in [-0.2, 0) is 0 Å². The summed E-state index contributed by atoms with van der Waals surface area (Å²) >= 11 is 3.52. The molecule has 0 unspecified atom stereocenters. The Kier molecular flexibility index (Phi) is 3.97. The summed E-state index contributed by atoms with van der Waals surface area (Å²) in [7, 11) is 0. The van der Waals surface area contributed by atoms with Crippen LogP contribution in [0.25, 0.3) is 11.4 Å². The van der Waals surface area contributed by atoms with Crippen LogP contribution in [0.1, 0.15) is 18.2 Å². The summed E-state index contributed by atoms with van der Waals surface area (Å²) < 4.78 is 0.932. The molecule has 0 bridgehead atoms. The average Bonchev–Trinajstić information content (AvgIpc) is 2.35. The molecular formula is C14H16BrN3. The molecule has 0 aliphatic heterocycles. The van der Waals surface area contributed by atoms with Gasteiger partial charge in [0.2, 0.25) is 0 Å². The molecule has 0 saturated carbocycles. The van der Waals surface area contributed by atoms with Gasteiger partial charge < -0.3 is 5.32 Å². The summed E-state index contributed by atoms with van der Waals surface area (Å²) in [5.74, 6) is 1.62. The van der Waals surface area contributed by atoms with Crippen molar-refractivity contribution in [3.63, 3.8) is 0 Å². The van der Waals surface area contributed by atoms with E-state index in [1.165, 1.54) is 5.56 Å². The van der Waals surface area contributed by atoms with Crippen molar-refractivity contribution in [2.75, 3.05) is 11.9 Å². The molecule has 94 valence electrons. The summed E-state index contributed by atoms with van der Waals surface area (Å²) in [5.41, 5.74) is 3.20. The lowest BCUT2D eigenvalue weighted by Crippen LogP contribution is -2.04. The van der Waals surface area contributed by atoms with Crippen molar-refractivity contribution in [3.8, 4) is 11.4 Å². The van der Waals surface area contributed by atoms with E-state index in [9.17, 15) is 0 Å². The highest BCUT2D eigenvalue weighted by atomic mass is 79.9. The van der Waals surface area contributed by atoms with E-state index in [2.05, 4.69) is 51.1 Å². The van der Waals surface area contributed by atoms with Crippen LogP contribution in [0.5, 0.6) is 0 Å². The lowest BCUT2D eigenvalue weighted by molar-refractivity contribution is 1.06. The second-order valence-electron chi connectivity index (χ2n) is 4.14. The highest BCUT2D eigenvalue weighted by molar-refractivity contribution is 9.10. The first kappa shape index (κ1) is 13.0. The molecule has 1 N–H and O–H groups in total. The number of hydrogen-bond donors (Lipinski definition) is 1. The van der Waals surface area contributed by atoms with Crippen LogP contribution in [0.15, 0.2) is 28.7 Å². The summed E-state index contributed by atoms with van der Waals surface area (Å²) in [6.45, 7) is 6.94. The van der Waals surface area contributed by atoms with Gasteiger partial charge in [0.15, 0.2) is 5.82 Å². The van der Waals surface area contributed by atoms with Gasteiger partial charge in [-0.2, -0.15) is 0 Å². The van der Waals surface area contributed by atoms with Gasteiger partial charge in [-0.3, -0.25) is 0 Å². The predicted molar refractivity (Wildman–Crippen MR) is 78.8 cm³/mol. The molecule has 1 heterocycles. The number of rotatable bonds is 3. The Morgan fingerprint density at radius 3 is 2.56 bits per heavy atom. The van der Waals surface area contributed by atoms with E-state index in [1.807, 2.05) is 25.1 Å². The first-order valence-electron chi connectivity index (χ1n) is 5.97. The summed E-state index contributed by atoms with van der Waals surface area (Å²) in [5, 5.41) is 3.25. The number of hydrogen-bond acceptors (Lipinski definition) is 3. The standard InChI is InChI=1S/C14H16BrN3/c1-4-16-14-12(15)10(3)17-13(18-14)11-8-6-5-7-9(11)2/h5-8H,4H2,1-3H3,(H,16,17,18). The maximum atomic E-state index is 4.58. The Morgan fingerprint density at radius 1 is 1.17 bits per heavy atom. The summed E-state index contributed by atoms with van der Waals surface area (Å²) in [6, 6.07) is 8.16. The van der Waals surface area contributed by atoms with Gasteiger partial charge in [0.1, 0.15) is 5.82 Å². The van der Waals surface area contributed by atoms with Crippen molar-refractivity contribution < 1.29 is 0 Å². The molecule has 0 amide bonds. The van der Waals surface area contributed by atoms with Gasteiger partial charge in [-0.15, -0.1) is 0 Å². The molecule has 3 nitrogen and oxygen atoms in total. The second kappa shape index (κ2) is 5.48. The SMILES string of the molecule is CCNc1nc(-c2ccccc2C)nc(C)c1Br. The molecule has 0 spiro atoms. The Hall–Kier alpha value is -1.42.